The van der Waals surface area contributed by atoms with E-state index >= 15 is 0 Å². The van der Waals surface area contributed by atoms with E-state index < -0.39 is 0 Å². The highest BCUT2D eigenvalue weighted by molar-refractivity contribution is 5.13. The molecule has 0 spiro atoms. The summed E-state index contributed by atoms with van der Waals surface area (Å²) >= 11 is 0. The van der Waals surface area contributed by atoms with Crippen LogP contribution in [0.15, 0.2) is 30.3 Å². The molecule has 0 aliphatic rings. The van der Waals surface area contributed by atoms with Crippen molar-refractivity contribution in [1.82, 2.24) is 0 Å². The van der Waals surface area contributed by atoms with E-state index in [-0.39, 0.29) is 5.48 Å². The van der Waals surface area contributed by atoms with Crippen LogP contribution in [-0.4, -0.2) is 29.6 Å². The minimum atomic E-state index is 0. The van der Waals surface area contributed by atoms with Crippen molar-refractivity contribution in [2.75, 3.05) is 19.6 Å². The van der Waals surface area contributed by atoms with Crippen molar-refractivity contribution in [1.29, 1.82) is 0 Å². The Morgan fingerprint density at radius 2 is 1.04 bits per heavy atom. The second kappa shape index (κ2) is 14.5. The fraction of sp³-hybridized carbons (Fsp3) is 0.727. The highest BCUT2D eigenvalue weighted by Gasteiger charge is 2.26. The van der Waals surface area contributed by atoms with Gasteiger partial charge in [-0.25, -0.2) is 0 Å². The van der Waals surface area contributed by atoms with Crippen molar-refractivity contribution in [2.24, 2.45) is 0 Å². The molecule has 2 heteroatoms. The standard InChI is InChI=1S/C22H40N.H2O/c1-4-7-13-18-23(19-14-8-5-2,20-15-9-6-3)21-22-16-11-10-12-17-22;/h10-12,16-17H,4-9,13-15,18-21H2,1-3H3;1H2/q+1;/p-1. The van der Waals surface area contributed by atoms with E-state index in [1.54, 1.807) is 0 Å². The van der Waals surface area contributed by atoms with Gasteiger partial charge in [0.15, 0.2) is 0 Å². The van der Waals surface area contributed by atoms with Crippen molar-refractivity contribution in [3.63, 3.8) is 0 Å². The van der Waals surface area contributed by atoms with Gasteiger partial charge in [-0.2, -0.15) is 0 Å². The minimum absolute atomic E-state index is 0. The molecule has 0 heterocycles. The monoisotopic (exact) mass is 335 g/mol. The van der Waals surface area contributed by atoms with Crippen LogP contribution in [0.4, 0.5) is 0 Å². The van der Waals surface area contributed by atoms with Gasteiger partial charge in [-0.05, 0) is 38.5 Å². The van der Waals surface area contributed by atoms with Crippen molar-refractivity contribution >= 4 is 0 Å². The van der Waals surface area contributed by atoms with E-state index in [0.29, 0.717) is 0 Å². The molecule has 0 atom stereocenters. The van der Waals surface area contributed by atoms with Crippen LogP contribution < -0.4 is 0 Å². The van der Waals surface area contributed by atoms with Crippen molar-refractivity contribution < 1.29 is 9.96 Å². The normalized spacial score (nSPS) is 11.3. The number of benzene rings is 1. The van der Waals surface area contributed by atoms with Gasteiger partial charge in [0, 0.05) is 5.56 Å². The molecule has 2 nitrogen and oxygen atoms in total. The fourth-order valence-corrected chi connectivity index (χ4v) is 3.63. The average molecular weight is 336 g/mol. The maximum atomic E-state index is 2.33. The fourth-order valence-electron chi connectivity index (χ4n) is 3.63. The predicted molar refractivity (Wildman–Crippen MR) is 106 cm³/mol. The molecule has 1 aromatic rings. The van der Waals surface area contributed by atoms with Crippen LogP contribution in [0.1, 0.15) is 84.1 Å². The largest absolute Gasteiger partial charge is 0.870 e. The summed E-state index contributed by atoms with van der Waals surface area (Å²) in [6.45, 7) is 12.3. The minimum Gasteiger partial charge on any atom is -0.870 e. The Bertz CT molecular complexity index is 350. The zero-order chi connectivity index (χ0) is 16.8. The predicted octanol–water partition coefficient (Wildman–Crippen LogP) is 6.40. The van der Waals surface area contributed by atoms with Crippen LogP contribution in [0.5, 0.6) is 0 Å². The van der Waals surface area contributed by atoms with Gasteiger partial charge >= 0.3 is 0 Å². The first-order chi connectivity index (χ1) is 11.3. The maximum Gasteiger partial charge on any atom is 0.104 e. The second-order valence-electron chi connectivity index (χ2n) is 7.28. The third-order valence-electron chi connectivity index (χ3n) is 5.07. The average Bonchev–Trinajstić information content (AvgIpc) is 2.56. The second-order valence-corrected chi connectivity index (χ2v) is 7.28. The first-order valence-electron chi connectivity index (χ1n) is 10.2. The Balaban J connectivity index is 0.00000529. The molecule has 140 valence electrons. The number of unbranched alkanes of at least 4 members (excludes halogenated alkanes) is 6. The van der Waals surface area contributed by atoms with Crippen LogP contribution in [0.2, 0.25) is 0 Å². The molecule has 0 radical (unpaired) electrons. The number of hydrogen-bond acceptors (Lipinski definition) is 1. The van der Waals surface area contributed by atoms with Crippen molar-refractivity contribution in [3.05, 3.63) is 35.9 Å². The van der Waals surface area contributed by atoms with Gasteiger partial charge in [-0.15, -0.1) is 0 Å². The molecule has 0 aliphatic carbocycles. The Morgan fingerprint density at radius 1 is 0.625 bits per heavy atom. The molecule has 0 saturated heterocycles. The molecular weight excluding hydrogens is 294 g/mol. The van der Waals surface area contributed by atoms with Gasteiger partial charge in [0.1, 0.15) is 6.54 Å². The quantitative estimate of drug-likeness (QED) is 0.286. The summed E-state index contributed by atoms with van der Waals surface area (Å²) in [6, 6.07) is 11.2. The number of hydrogen-bond donors (Lipinski definition) is 0. The van der Waals surface area contributed by atoms with Gasteiger partial charge in [0.05, 0.1) is 19.6 Å². The van der Waals surface area contributed by atoms with Crippen LogP contribution in [0, 0.1) is 0 Å². The number of quaternary nitrogens is 1. The summed E-state index contributed by atoms with van der Waals surface area (Å²) in [5, 5.41) is 0. The molecule has 1 rings (SSSR count). The van der Waals surface area contributed by atoms with E-state index in [9.17, 15) is 0 Å². The lowest BCUT2D eigenvalue weighted by Crippen LogP contribution is -2.49. The molecular formula is C22H41NO. The summed E-state index contributed by atoms with van der Waals surface area (Å²) in [5.74, 6) is 0. The van der Waals surface area contributed by atoms with E-state index in [4.69, 9.17) is 0 Å². The molecule has 0 aromatic heterocycles. The zero-order valence-electron chi connectivity index (χ0n) is 16.5. The third kappa shape index (κ3) is 9.44. The van der Waals surface area contributed by atoms with E-state index in [2.05, 4.69) is 51.1 Å². The molecule has 0 aliphatic heterocycles. The summed E-state index contributed by atoms with van der Waals surface area (Å²) in [7, 11) is 0. The van der Waals surface area contributed by atoms with Crippen LogP contribution >= 0.6 is 0 Å². The molecule has 24 heavy (non-hydrogen) atoms. The highest BCUT2D eigenvalue weighted by Crippen LogP contribution is 2.21. The first kappa shape index (κ1) is 23.1. The lowest BCUT2D eigenvalue weighted by atomic mass is 10.1. The zero-order valence-corrected chi connectivity index (χ0v) is 16.5. The van der Waals surface area contributed by atoms with Crippen LogP contribution in [-0.2, 0) is 6.54 Å². The summed E-state index contributed by atoms with van der Waals surface area (Å²) in [4.78, 5) is 0. The smallest absolute Gasteiger partial charge is 0.104 e. The van der Waals surface area contributed by atoms with Gasteiger partial charge in [-0.1, -0.05) is 70.4 Å². The van der Waals surface area contributed by atoms with E-state index in [1.165, 1.54) is 94.0 Å². The molecule has 1 aromatic carbocycles. The lowest BCUT2D eigenvalue weighted by molar-refractivity contribution is -0.941. The molecule has 0 fully saturated rings. The van der Waals surface area contributed by atoms with Gasteiger partial charge in [0.2, 0.25) is 0 Å². The number of nitrogens with zero attached hydrogens (tertiary/aromatic N) is 1. The summed E-state index contributed by atoms with van der Waals surface area (Å²) in [5.41, 5.74) is 1.52. The molecule has 0 bridgehead atoms. The van der Waals surface area contributed by atoms with Gasteiger partial charge in [0.25, 0.3) is 0 Å². The van der Waals surface area contributed by atoms with Crippen molar-refractivity contribution in [3.8, 4) is 0 Å². The van der Waals surface area contributed by atoms with E-state index in [1.807, 2.05) is 0 Å². The summed E-state index contributed by atoms with van der Waals surface area (Å²) < 4.78 is 1.32. The number of rotatable bonds is 14. The van der Waals surface area contributed by atoms with Gasteiger partial charge in [-0.3, -0.25) is 0 Å². The molecule has 0 saturated carbocycles. The Morgan fingerprint density at radius 3 is 1.42 bits per heavy atom. The Kier molecular flexibility index (Phi) is 14.0. The third-order valence-corrected chi connectivity index (χ3v) is 5.07. The molecule has 1 N–H and O–H groups in total. The Labute approximate surface area is 151 Å². The lowest BCUT2D eigenvalue weighted by Gasteiger charge is -2.39. The van der Waals surface area contributed by atoms with E-state index in [0.717, 1.165) is 0 Å². The first-order valence-corrected chi connectivity index (χ1v) is 10.2. The van der Waals surface area contributed by atoms with Crippen LogP contribution in [0.25, 0.3) is 0 Å². The van der Waals surface area contributed by atoms with Gasteiger partial charge < -0.3 is 9.96 Å². The topological polar surface area (TPSA) is 30.0 Å². The highest BCUT2D eigenvalue weighted by atomic mass is 16.0. The maximum absolute atomic E-state index is 2.33. The Hall–Kier alpha value is -0.860. The molecule has 0 unspecified atom stereocenters. The van der Waals surface area contributed by atoms with Crippen molar-refractivity contribution in [2.45, 2.75) is 85.1 Å². The van der Waals surface area contributed by atoms with Crippen LogP contribution in [0.3, 0.4) is 0 Å². The SMILES string of the molecule is CCCCC[N+](CCCCC)(CCCCC)Cc1ccccc1.[OH-]. The molecule has 0 amide bonds. The summed E-state index contributed by atoms with van der Waals surface area (Å²) in [6.07, 6.45) is 12.3.